The van der Waals surface area contributed by atoms with E-state index < -0.39 is 23.5 Å². The zero-order valence-corrected chi connectivity index (χ0v) is 17.9. The molecule has 0 aliphatic rings. The minimum atomic E-state index is -4.95. The Morgan fingerprint density at radius 2 is 1.88 bits per heavy atom. The van der Waals surface area contributed by atoms with E-state index in [-0.39, 0.29) is 17.1 Å². The van der Waals surface area contributed by atoms with E-state index in [0.29, 0.717) is 29.1 Å². The van der Waals surface area contributed by atoms with E-state index in [1.165, 1.54) is 0 Å². The molecule has 5 nitrogen and oxygen atoms in total. The van der Waals surface area contributed by atoms with Crippen LogP contribution >= 0.6 is 11.6 Å². The Hall–Kier alpha value is -2.91. The summed E-state index contributed by atoms with van der Waals surface area (Å²) in [5.41, 5.74) is 0.557. The molecule has 0 aliphatic heterocycles. The monoisotopic (exact) mass is 469 g/mol. The van der Waals surface area contributed by atoms with Crippen molar-refractivity contribution in [3.8, 4) is 28.4 Å². The van der Waals surface area contributed by atoms with E-state index in [1.54, 1.807) is 12.1 Å². The number of H-pyrrole nitrogens is 1. The maximum absolute atomic E-state index is 14.5. The van der Waals surface area contributed by atoms with Gasteiger partial charge in [-0.3, -0.25) is 4.79 Å². The van der Waals surface area contributed by atoms with Crippen LogP contribution in [0.2, 0.25) is 5.02 Å². The highest BCUT2D eigenvalue weighted by atomic mass is 35.5. The van der Waals surface area contributed by atoms with Crippen LogP contribution in [0.5, 0.6) is 5.75 Å². The fourth-order valence-electron chi connectivity index (χ4n) is 2.99. The Bertz CT molecular complexity index is 1160. The summed E-state index contributed by atoms with van der Waals surface area (Å²) in [5, 5.41) is 3.63. The molecular formula is C22H20ClF4N3O2. The molecule has 0 unspecified atom stereocenters. The van der Waals surface area contributed by atoms with Gasteiger partial charge in [0.2, 0.25) is 0 Å². The lowest BCUT2D eigenvalue weighted by atomic mass is 10.1. The smallest absolute Gasteiger partial charge is 0.406 e. The van der Waals surface area contributed by atoms with E-state index in [4.69, 9.17) is 11.6 Å². The van der Waals surface area contributed by atoms with Gasteiger partial charge in [0.15, 0.2) is 0 Å². The molecule has 10 heteroatoms. The summed E-state index contributed by atoms with van der Waals surface area (Å²) in [5.74, 6) is -1.15. The van der Waals surface area contributed by atoms with E-state index >= 15 is 0 Å². The number of aromatic amines is 1. The molecule has 3 aromatic rings. The van der Waals surface area contributed by atoms with Gasteiger partial charge >= 0.3 is 6.36 Å². The van der Waals surface area contributed by atoms with E-state index in [9.17, 15) is 22.4 Å². The molecule has 3 rings (SSSR count). The van der Waals surface area contributed by atoms with Gasteiger partial charge in [0.25, 0.3) is 5.56 Å². The van der Waals surface area contributed by atoms with Crippen molar-refractivity contribution < 1.29 is 22.3 Å². The van der Waals surface area contributed by atoms with Crippen LogP contribution in [0.3, 0.4) is 0 Å². The average molecular weight is 470 g/mol. The number of ether oxygens (including phenoxy) is 1. The second-order valence-corrected chi connectivity index (χ2v) is 7.91. The quantitative estimate of drug-likeness (QED) is 0.446. The third-order valence-electron chi connectivity index (χ3n) is 4.36. The maximum atomic E-state index is 14.5. The number of benzene rings is 2. The number of rotatable bonds is 7. The van der Waals surface area contributed by atoms with Crippen LogP contribution in [-0.2, 0) is 6.54 Å². The normalized spacial score (nSPS) is 11.8. The van der Waals surface area contributed by atoms with Crippen LogP contribution in [0.15, 0.2) is 47.3 Å². The summed E-state index contributed by atoms with van der Waals surface area (Å²) in [7, 11) is 0. The molecule has 170 valence electrons. The first kappa shape index (κ1) is 23.7. The van der Waals surface area contributed by atoms with Crippen molar-refractivity contribution in [1.82, 2.24) is 15.3 Å². The number of hydrogen-bond donors (Lipinski definition) is 2. The van der Waals surface area contributed by atoms with Gasteiger partial charge in [-0.1, -0.05) is 31.5 Å². The van der Waals surface area contributed by atoms with Gasteiger partial charge in [-0.05, 0) is 42.3 Å². The second-order valence-electron chi connectivity index (χ2n) is 7.51. The van der Waals surface area contributed by atoms with Gasteiger partial charge in [-0.2, -0.15) is 0 Å². The summed E-state index contributed by atoms with van der Waals surface area (Å²) < 4.78 is 55.3. The molecule has 0 saturated carbocycles. The maximum Gasteiger partial charge on any atom is 0.573 e. The number of halogens is 5. The summed E-state index contributed by atoms with van der Waals surface area (Å²) in [6.07, 6.45) is -4.95. The first-order chi connectivity index (χ1) is 15.0. The van der Waals surface area contributed by atoms with Crippen LogP contribution in [0.25, 0.3) is 22.6 Å². The lowest BCUT2D eigenvalue weighted by molar-refractivity contribution is -0.274. The number of aromatic nitrogens is 2. The fraction of sp³-hybridized carbons (Fsp3) is 0.273. The van der Waals surface area contributed by atoms with Gasteiger partial charge in [0.1, 0.15) is 17.4 Å². The topological polar surface area (TPSA) is 67.0 Å². The Kier molecular flexibility index (Phi) is 7.20. The van der Waals surface area contributed by atoms with Crippen LogP contribution < -0.4 is 15.6 Å². The fourth-order valence-corrected chi connectivity index (χ4v) is 3.20. The van der Waals surface area contributed by atoms with Crippen molar-refractivity contribution in [3.63, 3.8) is 0 Å². The minimum Gasteiger partial charge on any atom is -0.406 e. The first-order valence-corrected chi connectivity index (χ1v) is 10.1. The van der Waals surface area contributed by atoms with Crippen molar-refractivity contribution in [2.24, 2.45) is 5.92 Å². The Morgan fingerprint density at radius 1 is 1.12 bits per heavy atom. The van der Waals surface area contributed by atoms with E-state index in [2.05, 4.69) is 33.9 Å². The molecule has 2 N–H and O–H groups in total. The molecule has 0 bridgehead atoms. The molecule has 2 aromatic carbocycles. The van der Waals surface area contributed by atoms with Crippen molar-refractivity contribution in [3.05, 3.63) is 69.2 Å². The predicted octanol–water partition coefficient (Wildman–Crippen LogP) is 5.54. The Balaban J connectivity index is 1.95. The molecule has 1 aromatic heterocycles. The molecule has 32 heavy (non-hydrogen) atoms. The minimum absolute atomic E-state index is 0.0563. The average Bonchev–Trinajstić information content (AvgIpc) is 2.67. The van der Waals surface area contributed by atoms with Crippen LogP contribution in [-0.4, -0.2) is 22.9 Å². The predicted molar refractivity (Wildman–Crippen MR) is 114 cm³/mol. The van der Waals surface area contributed by atoms with Gasteiger partial charge < -0.3 is 15.0 Å². The van der Waals surface area contributed by atoms with E-state index in [0.717, 1.165) is 30.3 Å². The summed E-state index contributed by atoms with van der Waals surface area (Å²) >= 11 is 6.30. The van der Waals surface area contributed by atoms with Gasteiger partial charge in [-0.25, -0.2) is 9.37 Å². The Morgan fingerprint density at radius 3 is 2.53 bits per heavy atom. The largest absolute Gasteiger partial charge is 0.573 e. The van der Waals surface area contributed by atoms with Crippen LogP contribution in [0.4, 0.5) is 17.6 Å². The molecular weight excluding hydrogens is 450 g/mol. The lowest BCUT2D eigenvalue weighted by Gasteiger charge is -2.12. The molecule has 0 spiro atoms. The number of hydrogen-bond acceptors (Lipinski definition) is 4. The van der Waals surface area contributed by atoms with Crippen molar-refractivity contribution >= 4 is 11.6 Å². The molecule has 0 radical (unpaired) electrons. The van der Waals surface area contributed by atoms with Gasteiger partial charge in [-0.15, -0.1) is 13.2 Å². The molecule has 0 amide bonds. The molecule has 0 saturated heterocycles. The standard InChI is InChI=1S/C22H20ClF4N3O2/c1-12(2)10-28-11-13-3-6-17(23)16(7-13)21-29-19(9-20(31)30-21)15-5-4-14(8-18(15)24)32-22(25,26)27/h3-9,12,28H,10-11H2,1-2H3,(H,29,30,31). The highest BCUT2D eigenvalue weighted by Crippen LogP contribution is 2.30. The molecule has 1 heterocycles. The number of nitrogens with one attached hydrogen (secondary N) is 2. The summed E-state index contributed by atoms with van der Waals surface area (Å²) in [4.78, 5) is 19.1. The summed E-state index contributed by atoms with van der Waals surface area (Å²) in [6.45, 7) is 5.56. The zero-order chi connectivity index (χ0) is 23.5. The van der Waals surface area contributed by atoms with Crippen molar-refractivity contribution in [1.29, 1.82) is 0 Å². The highest BCUT2D eigenvalue weighted by molar-refractivity contribution is 6.33. The van der Waals surface area contributed by atoms with Gasteiger partial charge in [0.05, 0.1) is 10.7 Å². The lowest BCUT2D eigenvalue weighted by Crippen LogP contribution is -2.19. The third-order valence-corrected chi connectivity index (χ3v) is 4.69. The second kappa shape index (κ2) is 9.70. The molecule has 0 atom stereocenters. The zero-order valence-electron chi connectivity index (χ0n) is 17.2. The summed E-state index contributed by atoms with van der Waals surface area (Å²) in [6, 6.07) is 8.90. The van der Waals surface area contributed by atoms with E-state index in [1.807, 2.05) is 6.07 Å². The Labute approximate surface area is 186 Å². The van der Waals surface area contributed by atoms with Crippen molar-refractivity contribution in [2.45, 2.75) is 26.8 Å². The van der Waals surface area contributed by atoms with Gasteiger partial charge in [0, 0.05) is 29.8 Å². The number of nitrogens with zero attached hydrogens (tertiary/aromatic N) is 1. The highest BCUT2D eigenvalue weighted by Gasteiger charge is 2.31. The van der Waals surface area contributed by atoms with Crippen LogP contribution in [0, 0.1) is 11.7 Å². The first-order valence-electron chi connectivity index (χ1n) is 9.68. The number of alkyl halides is 3. The van der Waals surface area contributed by atoms with Crippen molar-refractivity contribution in [2.75, 3.05) is 6.54 Å². The van der Waals surface area contributed by atoms with Crippen LogP contribution in [0.1, 0.15) is 19.4 Å². The SMILES string of the molecule is CC(C)CNCc1ccc(Cl)c(-c2nc(-c3ccc(OC(F)(F)F)cc3F)cc(=O)[nH]2)c1. The molecule has 0 fully saturated rings. The molecule has 0 aliphatic carbocycles. The third kappa shape index (κ3) is 6.30.